The van der Waals surface area contributed by atoms with Crippen LogP contribution >= 0.6 is 0 Å². The fourth-order valence-electron chi connectivity index (χ4n) is 1.84. The highest BCUT2D eigenvalue weighted by molar-refractivity contribution is 5.76. The number of nitrogens with zero attached hydrogens (tertiary/aromatic N) is 3. The Hall–Kier alpha value is -0.970. The van der Waals surface area contributed by atoms with Crippen LogP contribution in [0.15, 0.2) is 0 Å². The van der Waals surface area contributed by atoms with Crippen LogP contribution in [-0.2, 0) is 5.21 Å². The van der Waals surface area contributed by atoms with E-state index in [1.807, 2.05) is 13.8 Å². The summed E-state index contributed by atoms with van der Waals surface area (Å²) in [5, 5.41) is 25.3. The first-order valence-electron chi connectivity index (χ1n) is 5.78. The maximum Gasteiger partial charge on any atom is 0.383 e. The third-order valence-electron chi connectivity index (χ3n) is 3.92. The van der Waals surface area contributed by atoms with Crippen LogP contribution in [0.25, 0.3) is 0 Å². The van der Waals surface area contributed by atoms with Crippen LogP contribution in [0.1, 0.15) is 41.5 Å². The SMILES string of the molecule is CCN(CC)C1=[N+]([O-])C(C)(C)C(C)(C)N1[O]. The summed E-state index contributed by atoms with van der Waals surface area (Å²) >= 11 is 0. The topological polar surface area (TPSA) is 52.4 Å². The van der Waals surface area contributed by atoms with Gasteiger partial charge in [0.15, 0.2) is 5.54 Å². The first-order valence-corrected chi connectivity index (χ1v) is 5.78. The average Bonchev–Trinajstić information content (AvgIpc) is 2.32. The molecule has 1 heterocycles. The van der Waals surface area contributed by atoms with Crippen LogP contribution in [0.4, 0.5) is 0 Å². The summed E-state index contributed by atoms with van der Waals surface area (Å²) < 4.78 is 0.854. The molecule has 5 nitrogen and oxygen atoms in total. The highest BCUT2D eigenvalue weighted by atomic mass is 16.5. The molecule has 0 saturated carbocycles. The van der Waals surface area contributed by atoms with E-state index in [1.165, 1.54) is 0 Å². The van der Waals surface area contributed by atoms with Gasteiger partial charge in [0.25, 0.3) is 0 Å². The van der Waals surface area contributed by atoms with Crippen LogP contribution < -0.4 is 0 Å². The Morgan fingerprint density at radius 2 is 1.69 bits per heavy atom. The monoisotopic (exact) mass is 228 g/mol. The van der Waals surface area contributed by atoms with Gasteiger partial charge in [-0.15, -0.1) is 0 Å². The molecule has 0 aromatic rings. The van der Waals surface area contributed by atoms with Gasteiger partial charge in [0.2, 0.25) is 0 Å². The second-order valence-electron chi connectivity index (χ2n) is 5.18. The van der Waals surface area contributed by atoms with Crippen molar-refractivity contribution < 1.29 is 9.95 Å². The lowest BCUT2D eigenvalue weighted by molar-refractivity contribution is -0.543. The smallest absolute Gasteiger partial charge is 0.383 e. The molecule has 93 valence electrons. The van der Waals surface area contributed by atoms with Crippen LogP contribution in [0.5, 0.6) is 0 Å². The molecule has 0 amide bonds. The van der Waals surface area contributed by atoms with E-state index in [2.05, 4.69) is 0 Å². The number of hydrogen-bond donors (Lipinski definition) is 0. The lowest BCUT2D eigenvalue weighted by atomic mass is 9.84. The summed E-state index contributed by atoms with van der Waals surface area (Å²) in [5.41, 5.74) is -1.43. The van der Waals surface area contributed by atoms with E-state index in [1.54, 1.807) is 32.6 Å². The molecule has 0 aromatic heterocycles. The number of hydroxylamine groups is 3. The molecule has 1 rings (SSSR count). The molecule has 0 saturated heterocycles. The third-order valence-corrected chi connectivity index (χ3v) is 3.92. The molecule has 0 fully saturated rings. The van der Waals surface area contributed by atoms with E-state index in [9.17, 15) is 10.4 Å². The molecule has 5 heteroatoms. The summed E-state index contributed by atoms with van der Waals surface area (Å²) in [7, 11) is 0. The molecule has 0 unspecified atom stereocenters. The molecule has 0 aliphatic carbocycles. The second kappa shape index (κ2) is 3.80. The van der Waals surface area contributed by atoms with Crippen molar-refractivity contribution in [2.45, 2.75) is 52.6 Å². The summed E-state index contributed by atoms with van der Waals surface area (Å²) in [4.78, 5) is 1.80. The maximum atomic E-state index is 12.2. The summed E-state index contributed by atoms with van der Waals surface area (Å²) in [6.45, 7) is 12.4. The zero-order valence-corrected chi connectivity index (χ0v) is 11.1. The van der Waals surface area contributed by atoms with Crippen LogP contribution in [0.2, 0.25) is 0 Å². The van der Waals surface area contributed by atoms with Crippen molar-refractivity contribution in [3.8, 4) is 0 Å². The normalized spacial score (nSPS) is 22.8. The Bertz CT molecular complexity index is 306. The largest absolute Gasteiger partial charge is 0.744 e. The molecule has 0 bridgehead atoms. The highest BCUT2D eigenvalue weighted by Gasteiger charge is 2.58. The van der Waals surface area contributed by atoms with E-state index in [0.717, 1.165) is 9.80 Å². The van der Waals surface area contributed by atoms with Gasteiger partial charge >= 0.3 is 5.96 Å². The third kappa shape index (κ3) is 1.45. The minimum atomic E-state index is -0.716. The maximum absolute atomic E-state index is 12.2. The summed E-state index contributed by atoms with van der Waals surface area (Å²) in [5.74, 6) is 0.236. The zero-order chi connectivity index (χ0) is 12.7. The van der Waals surface area contributed by atoms with Crippen LogP contribution in [0, 0.1) is 5.21 Å². The Labute approximate surface area is 97.5 Å². The van der Waals surface area contributed by atoms with Gasteiger partial charge in [-0.25, -0.2) is 0 Å². The van der Waals surface area contributed by atoms with Crippen molar-refractivity contribution in [3.05, 3.63) is 5.21 Å². The molecule has 1 aliphatic heterocycles. The Morgan fingerprint density at radius 3 is 1.94 bits per heavy atom. The molecular weight excluding hydrogens is 206 g/mol. The fraction of sp³-hybridized carbons (Fsp3) is 0.909. The molecule has 0 N–H and O–H groups in total. The molecule has 0 spiro atoms. The second-order valence-corrected chi connectivity index (χ2v) is 5.18. The lowest BCUT2D eigenvalue weighted by Gasteiger charge is -2.34. The van der Waals surface area contributed by atoms with E-state index in [4.69, 9.17) is 0 Å². The van der Waals surface area contributed by atoms with Crippen molar-refractivity contribution in [2.24, 2.45) is 0 Å². The molecule has 1 aliphatic rings. The number of guanidine groups is 1. The van der Waals surface area contributed by atoms with Gasteiger partial charge in [0, 0.05) is 0 Å². The van der Waals surface area contributed by atoms with Gasteiger partial charge in [0.05, 0.1) is 13.1 Å². The quantitative estimate of drug-likeness (QED) is 0.530. The van der Waals surface area contributed by atoms with Gasteiger partial charge in [-0.1, -0.05) is 5.06 Å². The fourth-order valence-corrected chi connectivity index (χ4v) is 1.84. The number of hydrogen-bond acceptors (Lipinski definition) is 3. The summed E-state index contributed by atoms with van der Waals surface area (Å²) in [6, 6.07) is 0. The standard InChI is InChI=1S/C11H22N3O2/c1-7-12(8-2)9-13(15)10(3,4)11(5,6)14(9)16/h7-8H2,1-6H3. The van der Waals surface area contributed by atoms with E-state index < -0.39 is 11.1 Å². The molecule has 1 radical (unpaired) electrons. The van der Waals surface area contributed by atoms with Gasteiger partial charge in [-0.05, 0) is 46.7 Å². The van der Waals surface area contributed by atoms with Gasteiger partial charge < -0.3 is 5.21 Å². The Balaban J connectivity index is 3.24. The predicted molar refractivity (Wildman–Crippen MR) is 62.2 cm³/mol. The van der Waals surface area contributed by atoms with E-state index >= 15 is 0 Å². The van der Waals surface area contributed by atoms with Gasteiger partial charge in [-0.2, -0.15) is 0 Å². The van der Waals surface area contributed by atoms with Gasteiger partial charge in [-0.3, -0.25) is 9.64 Å². The van der Waals surface area contributed by atoms with E-state index in [-0.39, 0.29) is 5.96 Å². The van der Waals surface area contributed by atoms with Gasteiger partial charge in [0.1, 0.15) is 5.54 Å². The molecular formula is C11H22N3O2. The van der Waals surface area contributed by atoms with Crippen molar-refractivity contribution >= 4 is 5.96 Å². The van der Waals surface area contributed by atoms with Crippen LogP contribution in [0.3, 0.4) is 0 Å². The average molecular weight is 228 g/mol. The molecule has 0 atom stereocenters. The van der Waals surface area contributed by atoms with E-state index in [0.29, 0.717) is 13.1 Å². The Kier molecular flexibility index (Phi) is 3.11. The van der Waals surface area contributed by atoms with Crippen LogP contribution in [-0.4, -0.2) is 44.8 Å². The number of rotatable bonds is 2. The summed E-state index contributed by atoms with van der Waals surface area (Å²) in [6.07, 6.45) is 0. The van der Waals surface area contributed by atoms with Crippen molar-refractivity contribution in [1.82, 2.24) is 9.96 Å². The lowest BCUT2D eigenvalue weighted by Crippen LogP contribution is -2.54. The van der Waals surface area contributed by atoms with Crippen molar-refractivity contribution in [3.63, 3.8) is 0 Å². The first kappa shape index (κ1) is 13.1. The Morgan fingerprint density at radius 1 is 1.25 bits per heavy atom. The van der Waals surface area contributed by atoms with Crippen molar-refractivity contribution in [2.75, 3.05) is 13.1 Å². The van der Waals surface area contributed by atoms with Crippen molar-refractivity contribution in [1.29, 1.82) is 0 Å². The minimum absolute atomic E-state index is 0.236. The molecule has 16 heavy (non-hydrogen) atoms. The highest BCUT2D eigenvalue weighted by Crippen LogP contribution is 2.36. The first-order chi connectivity index (χ1) is 7.21. The molecule has 0 aromatic carbocycles. The predicted octanol–water partition coefficient (Wildman–Crippen LogP) is 1.41. The zero-order valence-electron chi connectivity index (χ0n) is 11.1. The minimum Gasteiger partial charge on any atom is -0.744 e.